The van der Waals surface area contributed by atoms with E-state index in [4.69, 9.17) is 5.11 Å². The zero-order valence-electron chi connectivity index (χ0n) is 13.6. The van der Waals surface area contributed by atoms with Gasteiger partial charge in [-0.2, -0.15) is 0 Å². The minimum absolute atomic E-state index is 0.0576. The van der Waals surface area contributed by atoms with E-state index in [1.54, 1.807) is 12.1 Å². The van der Waals surface area contributed by atoms with Crippen LogP contribution < -0.4 is 5.32 Å². The third-order valence-electron chi connectivity index (χ3n) is 4.54. The van der Waals surface area contributed by atoms with Crippen molar-refractivity contribution in [3.63, 3.8) is 0 Å². The summed E-state index contributed by atoms with van der Waals surface area (Å²) in [6.07, 6.45) is 4.45. The Labute approximate surface area is 146 Å². The van der Waals surface area contributed by atoms with Crippen molar-refractivity contribution in [2.75, 3.05) is 18.5 Å². The average Bonchev–Trinajstić information content (AvgIpc) is 3.21. The number of imide groups is 1. The highest BCUT2D eigenvalue weighted by molar-refractivity contribution is 7.92. The van der Waals surface area contributed by atoms with Gasteiger partial charge in [-0.05, 0) is 37.1 Å². The van der Waals surface area contributed by atoms with Gasteiger partial charge in [0.15, 0.2) is 9.84 Å². The maximum atomic E-state index is 12.5. The van der Waals surface area contributed by atoms with E-state index in [9.17, 15) is 18.0 Å². The van der Waals surface area contributed by atoms with Gasteiger partial charge in [0.25, 0.3) is 11.8 Å². The highest BCUT2D eigenvalue weighted by atomic mass is 32.2. The first kappa shape index (κ1) is 17.6. The summed E-state index contributed by atoms with van der Waals surface area (Å²) >= 11 is 0. The molecule has 8 heteroatoms. The van der Waals surface area contributed by atoms with Crippen molar-refractivity contribution in [1.82, 2.24) is 4.90 Å². The second-order valence-corrected chi connectivity index (χ2v) is 8.41. The van der Waals surface area contributed by atoms with Crippen LogP contribution in [0.3, 0.4) is 0 Å². The van der Waals surface area contributed by atoms with Crippen LogP contribution in [0.15, 0.2) is 40.9 Å². The molecule has 0 spiro atoms. The minimum Gasteiger partial charge on any atom is -0.395 e. The molecular weight excluding hydrogens is 344 g/mol. The number of carbonyl (C=O) groups is 2. The molecule has 1 aromatic carbocycles. The monoisotopic (exact) mass is 364 g/mol. The topological polar surface area (TPSA) is 104 Å². The smallest absolute Gasteiger partial charge is 0.277 e. The summed E-state index contributed by atoms with van der Waals surface area (Å²) in [6.45, 7) is -0.357. The van der Waals surface area contributed by atoms with Crippen LogP contribution >= 0.6 is 0 Å². The number of nitrogens with zero attached hydrogens (tertiary/aromatic N) is 1. The predicted molar refractivity (Wildman–Crippen MR) is 91.4 cm³/mol. The molecule has 134 valence electrons. The minimum atomic E-state index is -3.32. The lowest BCUT2D eigenvalue weighted by Gasteiger charge is -2.14. The molecule has 0 bridgehead atoms. The first-order chi connectivity index (χ1) is 11.9. The van der Waals surface area contributed by atoms with E-state index in [2.05, 4.69) is 5.32 Å². The number of hydrogen-bond acceptors (Lipinski definition) is 6. The van der Waals surface area contributed by atoms with E-state index in [0.717, 1.165) is 17.7 Å². The van der Waals surface area contributed by atoms with Crippen LogP contribution in [0.5, 0.6) is 0 Å². The molecule has 2 aliphatic rings. The lowest BCUT2D eigenvalue weighted by molar-refractivity contribution is -0.137. The molecule has 1 fully saturated rings. The number of hydrogen-bond donors (Lipinski definition) is 2. The summed E-state index contributed by atoms with van der Waals surface area (Å²) < 4.78 is 25.1. The fraction of sp³-hybridized carbons (Fsp3) is 0.412. The van der Waals surface area contributed by atoms with E-state index in [-0.39, 0.29) is 29.0 Å². The summed E-state index contributed by atoms with van der Waals surface area (Å²) in [6, 6.07) is 6.19. The second-order valence-electron chi connectivity index (χ2n) is 6.18. The molecule has 1 heterocycles. The summed E-state index contributed by atoms with van der Waals surface area (Å²) in [5.41, 5.74) is 0.619. The second kappa shape index (κ2) is 6.97. The van der Waals surface area contributed by atoms with Gasteiger partial charge < -0.3 is 10.4 Å². The van der Waals surface area contributed by atoms with Crippen LogP contribution in [-0.4, -0.2) is 48.6 Å². The zero-order valence-corrected chi connectivity index (χ0v) is 14.5. The third-order valence-corrected chi connectivity index (χ3v) is 6.81. The SMILES string of the molecule is O=C1C=C(Nc2ccc(S(=O)(=O)C3CCCC3)cc2)C(=O)N1CCO. The van der Waals surface area contributed by atoms with Gasteiger partial charge in [0.1, 0.15) is 5.70 Å². The molecule has 1 aliphatic carbocycles. The van der Waals surface area contributed by atoms with Gasteiger partial charge in [-0.1, -0.05) is 12.8 Å². The summed E-state index contributed by atoms with van der Waals surface area (Å²) in [7, 11) is -3.32. The Balaban J connectivity index is 1.72. The molecule has 1 saturated carbocycles. The molecule has 7 nitrogen and oxygen atoms in total. The van der Waals surface area contributed by atoms with Gasteiger partial charge in [-0.25, -0.2) is 8.42 Å². The van der Waals surface area contributed by atoms with E-state index >= 15 is 0 Å². The Kier molecular flexibility index (Phi) is 4.91. The van der Waals surface area contributed by atoms with Gasteiger partial charge in [0.2, 0.25) is 0 Å². The van der Waals surface area contributed by atoms with Crippen LogP contribution in [0.25, 0.3) is 0 Å². The highest BCUT2D eigenvalue weighted by Crippen LogP contribution is 2.30. The Morgan fingerprint density at radius 2 is 1.76 bits per heavy atom. The van der Waals surface area contributed by atoms with Crippen LogP contribution in [-0.2, 0) is 19.4 Å². The first-order valence-corrected chi connectivity index (χ1v) is 9.77. The molecule has 0 radical (unpaired) electrons. The van der Waals surface area contributed by atoms with Crippen molar-refractivity contribution in [1.29, 1.82) is 0 Å². The van der Waals surface area contributed by atoms with Crippen molar-refractivity contribution in [3.8, 4) is 0 Å². The van der Waals surface area contributed by atoms with Crippen LogP contribution in [0.1, 0.15) is 25.7 Å². The molecular formula is C17H20N2O5S. The average molecular weight is 364 g/mol. The quantitative estimate of drug-likeness (QED) is 0.732. The number of β-amino-alcohol motifs (C(OH)–C–C–N with tert-alkyl or cyclic N) is 1. The standard InChI is InChI=1S/C17H20N2O5S/c20-10-9-19-16(21)11-15(17(19)22)18-12-5-7-14(8-6-12)25(23,24)13-3-1-2-4-13/h5-8,11,13,18,20H,1-4,9-10H2. The number of anilines is 1. The van der Waals surface area contributed by atoms with Crippen molar-refractivity contribution < 1.29 is 23.1 Å². The van der Waals surface area contributed by atoms with Gasteiger partial charge in [-0.15, -0.1) is 0 Å². The molecule has 0 unspecified atom stereocenters. The van der Waals surface area contributed by atoms with Gasteiger partial charge in [0.05, 0.1) is 23.3 Å². The fourth-order valence-corrected chi connectivity index (χ4v) is 5.04. The molecule has 2 N–H and O–H groups in total. The number of sulfone groups is 1. The van der Waals surface area contributed by atoms with Crippen molar-refractivity contribution in [2.45, 2.75) is 35.8 Å². The Hall–Kier alpha value is -2.19. The van der Waals surface area contributed by atoms with Crippen LogP contribution in [0.2, 0.25) is 0 Å². The van der Waals surface area contributed by atoms with Gasteiger partial charge in [0, 0.05) is 11.8 Å². The number of amides is 2. The molecule has 1 aliphatic heterocycles. The van der Waals surface area contributed by atoms with Crippen LogP contribution in [0, 0.1) is 0 Å². The van der Waals surface area contributed by atoms with Crippen molar-refractivity contribution in [3.05, 3.63) is 36.0 Å². The lowest BCUT2D eigenvalue weighted by atomic mass is 10.3. The fourth-order valence-electron chi connectivity index (χ4n) is 3.18. The number of aliphatic hydroxyl groups is 1. The maximum Gasteiger partial charge on any atom is 0.277 e. The number of nitrogens with one attached hydrogen (secondary N) is 1. The molecule has 1 aromatic rings. The number of aliphatic hydroxyl groups excluding tert-OH is 1. The van der Waals surface area contributed by atoms with E-state index in [1.165, 1.54) is 18.2 Å². The number of carbonyl (C=O) groups excluding carboxylic acids is 2. The summed E-state index contributed by atoms with van der Waals surface area (Å²) in [5.74, 6) is -0.997. The summed E-state index contributed by atoms with van der Waals surface area (Å²) in [5, 5.41) is 11.4. The summed E-state index contributed by atoms with van der Waals surface area (Å²) in [4.78, 5) is 25.0. The maximum absolute atomic E-state index is 12.5. The van der Waals surface area contributed by atoms with Gasteiger partial charge >= 0.3 is 0 Å². The van der Waals surface area contributed by atoms with Crippen molar-refractivity contribution >= 4 is 27.3 Å². The first-order valence-electron chi connectivity index (χ1n) is 8.23. The lowest BCUT2D eigenvalue weighted by Crippen LogP contribution is -2.34. The van der Waals surface area contributed by atoms with E-state index in [1.807, 2.05) is 0 Å². The number of benzene rings is 1. The zero-order chi connectivity index (χ0) is 18.0. The molecule has 2 amide bonds. The largest absolute Gasteiger partial charge is 0.395 e. The molecule has 0 atom stereocenters. The van der Waals surface area contributed by atoms with E-state index in [0.29, 0.717) is 18.5 Å². The highest BCUT2D eigenvalue weighted by Gasteiger charge is 2.31. The van der Waals surface area contributed by atoms with E-state index < -0.39 is 21.7 Å². The predicted octanol–water partition coefficient (Wildman–Crippen LogP) is 1.06. The molecule has 3 rings (SSSR count). The van der Waals surface area contributed by atoms with Gasteiger partial charge in [-0.3, -0.25) is 14.5 Å². The van der Waals surface area contributed by atoms with Crippen molar-refractivity contribution in [2.24, 2.45) is 0 Å². The molecule has 25 heavy (non-hydrogen) atoms. The molecule has 0 saturated heterocycles. The van der Waals surface area contributed by atoms with Crippen LogP contribution in [0.4, 0.5) is 5.69 Å². The Morgan fingerprint density at radius 1 is 1.12 bits per heavy atom. The normalized spacial score (nSPS) is 18.8. The number of rotatable bonds is 6. The molecule has 0 aromatic heterocycles. The Bertz CT molecular complexity index is 808. The Morgan fingerprint density at radius 3 is 2.36 bits per heavy atom. The third kappa shape index (κ3) is 3.45.